The zero-order valence-corrected chi connectivity index (χ0v) is 11.8. The van der Waals surface area contributed by atoms with Gasteiger partial charge in [0.15, 0.2) is 0 Å². The lowest BCUT2D eigenvalue weighted by Crippen LogP contribution is -2.32. The molecule has 1 unspecified atom stereocenters. The fourth-order valence-corrected chi connectivity index (χ4v) is 3.72. The molecule has 1 aromatic carbocycles. The molecule has 1 aliphatic heterocycles. The van der Waals surface area contributed by atoms with Crippen molar-refractivity contribution in [3.63, 3.8) is 0 Å². The Morgan fingerprint density at radius 3 is 2.29 bits per heavy atom. The summed E-state index contributed by atoms with van der Waals surface area (Å²) < 4.78 is 11.3. The number of allylic oxidation sites excluding steroid dienone is 2. The summed E-state index contributed by atoms with van der Waals surface area (Å²) in [4.78, 5) is 12.4. The third-order valence-electron chi connectivity index (χ3n) is 4.79. The van der Waals surface area contributed by atoms with Crippen molar-refractivity contribution in [3.05, 3.63) is 60.2 Å². The highest BCUT2D eigenvalue weighted by molar-refractivity contribution is 5.90. The number of benzene rings is 1. The first kappa shape index (κ1) is 13.0. The standard InChI is InChI=1S/C18H18O3/c19-15-6-7-17(16(15)14-4-2-1-3-5-14)8-10-18(11-9-17)20-12-13-21-18/h1-5,8-11,16H,6-7,12-13H2. The van der Waals surface area contributed by atoms with Gasteiger partial charge in [0.05, 0.1) is 19.1 Å². The zero-order valence-electron chi connectivity index (χ0n) is 11.8. The lowest BCUT2D eigenvalue weighted by molar-refractivity contribution is -0.119. The van der Waals surface area contributed by atoms with Crippen molar-refractivity contribution < 1.29 is 14.3 Å². The van der Waals surface area contributed by atoms with Gasteiger partial charge in [0.2, 0.25) is 5.79 Å². The number of Topliss-reactive ketones (excluding diaryl/α,β-unsaturated/α-hetero) is 1. The third kappa shape index (κ3) is 2.00. The maximum atomic E-state index is 12.4. The molecule has 3 nitrogen and oxygen atoms in total. The summed E-state index contributed by atoms with van der Waals surface area (Å²) in [7, 11) is 0. The number of hydrogen-bond acceptors (Lipinski definition) is 3. The molecule has 0 N–H and O–H groups in total. The average Bonchev–Trinajstić information content (AvgIpc) is 3.10. The van der Waals surface area contributed by atoms with E-state index >= 15 is 0 Å². The molecular formula is C18H18O3. The molecule has 0 amide bonds. The van der Waals surface area contributed by atoms with Crippen LogP contribution in [0.15, 0.2) is 54.6 Å². The minimum absolute atomic E-state index is 0.0926. The van der Waals surface area contributed by atoms with Crippen LogP contribution in [0.4, 0.5) is 0 Å². The fourth-order valence-electron chi connectivity index (χ4n) is 3.72. The summed E-state index contributed by atoms with van der Waals surface area (Å²) in [6.07, 6.45) is 9.70. The maximum Gasteiger partial charge on any atom is 0.208 e. The number of ether oxygens (including phenoxy) is 2. The molecule has 1 aromatic rings. The summed E-state index contributed by atoms with van der Waals surface area (Å²) in [5.41, 5.74) is 0.873. The van der Waals surface area contributed by atoms with Crippen LogP contribution in [0.5, 0.6) is 0 Å². The molecule has 2 spiro atoms. The van der Waals surface area contributed by atoms with E-state index in [1.165, 1.54) is 0 Å². The van der Waals surface area contributed by atoms with Crippen LogP contribution in [0.3, 0.4) is 0 Å². The molecule has 0 aromatic heterocycles. The van der Waals surface area contributed by atoms with Crippen LogP contribution in [0.2, 0.25) is 0 Å². The molecule has 1 heterocycles. The van der Waals surface area contributed by atoms with Gasteiger partial charge < -0.3 is 9.47 Å². The van der Waals surface area contributed by atoms with E-state index in [0.29, 0.717) is 25.4 Å². The number of rotatable bonds is 1. The van der Waals surface area contributed by atoms with Gasteiger partial charge in [-0.3, -0.25) is 4.79 Å². The number of carbonyl (C=O) groups excluding carboxylic acids is 1. The zero-order chi connectivity index (χ0) is 14.3. The number of hydrogen-bond donors (Lipinski definition) is 0. The Labute approximate surface area is 124 Å². The van der Waals surface area contributed by atoms with Crippen LogP contribution in [-0.4, -0.2) is 24.8 Å². The highest BCUT2D eigenvalue weighted by atomic mass is 16.7. The van der Waals surface area contributed by atoms with Crippen molar-refractivity contribution in [1.29, 1.82) is 0 Å². The van der Waals surface area contributed by atoms with Gasteiger partial charge in [0, 0.05) is 11.8 Å². The SMILES string of the molecule is O=C1CCC2(C=CC3(C=C2)OCCO3)C1c1ccccc1. The Morgan fingerprint density at radius 1 is 0.952 bits per heavy atom. The van der Waals surface area contributed by atoms with Crippen LogP contribution in [0, 0.1) is 5.41 Å². The molecule has 4 rings (SSSR count). The van der Waals surface area contributed by atoms with Gasteiger partial charge in [-0.1, -0.05) is 42.5 Å². The van der Waals surface area contributed by atoms with E-state index < -0.39 is 5.79 Å². The van der Waals surface area contributed by atoms with Gasteiger partial charge in [-0.2, -0.15) is 0 Å². The van der Waals surface area contributed by atoms with Crippen molar-refractivity contribution >= 4 is 5.78 Å². The molecule has 1 saturated carbocycles. The largest absolute Gasteiger partial charge is 0.341 e. The first-order valence-corrected chi connectivity index (χ1v) is 7.49. The Balaban J connectivity index is 1.71. The first-order chi connectivity index (χ1) is 10.2. The second-order valence-corrected chi connectivity index (χ2v) is 6.01. The van der Waals surface area contributed by atoms with Gasteiger partial charge in [-0.15, -0.1) is 0 Å². The first-order valence-electron chi connectivity index (χ1n) is 7.49. The number of ketones is 1. The Kier molecular flexibility index (Phi) is 2.88. The quantitative estimate of drug-likeness (QED) is 0.743. The van der Waals surface area contributed by atoms with Gasteiger partial charge in [0.25, 0.3) is 0 Å². The molecule has 2 fully saturated rings. The van der Waals surface area contributed by atoms with Crippen molar-refractivity contribution in [2.24, 2.45) is 5.41 Å². The Morgan fingerprint density at radius 2 is 1.62 bits per heavy atom. The van der Waals surface area contributed by atoms with Crippen LogP contribution in [0.25, 0.3) is 0 Å². The molecule has 2 aliphatic carbocycles. The number of carbonyl (C=O) groups is 1. The van der Waals surface area contributed by atoms with E-state index in [1.54, 1.807) is 0 Å². The average molecular weight is 282 g/mol. The predicted molar refractivity (Wildman–Crippen MR) is 78.8 cm³/mol. The molecule has 3 aliphatic rings. The molecule has 108 valence electrons. The van der Waals surface area contributed by atoms with Crippen LogP contribution >= 0.6 is 0 Å². The smallest absolute Gasteiger partial charge is 0.208 e. The summed E-state index contributed by atoms with van der Waals surface area (Å²) >= 11 is 0. The second kappa shape index (κ2) is 4.65. The lowest BCUT2D eigenvalue weighted by Gasteiger charge is -2.34. The molecular weight excluding hydrogens is 264 g/mol. The highest BCUT2D eigenvalue weighted by Crippen LogP contribution is 2.52. The lowest BCUT2D eigenvalue weighted by atomic mass is 9.71. The monoisotopic (exact) mass is 282 g/mol. The van der Waals surface area contributed by atoms with E-state index in [0.717, 1.165) is 12.0 Å². The Bertz CT molecular complexity index is 593. The van der Waals surface area contributed by atoms with E-state index in [-0.39, 0.29) is 11.3 Å². The third-order valence-corrected chi connectivity index (χ3v) is 4.79. The summed E-state index contributed by atoms with van der Waals surface area (Å²) in [5.74, 6) is -0.470. The predicted octanol–water partition coefficient (Wildman–Crippen LogP) is 2.99. The molecule has 0 bridgehead atoms. The molecule has 0 radical (unpaired) electrons. The summed E-state index contributed by atoms with van der Waals surface area (Å²) in [5, 5.41) is 0. The van der Waals surface area contributed by atoms with Crippen molar-refractivity contribution in [3.8, 4) is 0 Å². The van der Waals surface area contributed by atoms with Gasteiger partial charge >= 0.3 is 0 Å². The van der Waals surface area contributed by atoms with Crippen molar-refractivity contribution in [1.82, 2.24) is 0 Å². The minimum Gasteiger partial charge on any atom is -0.341 e. The van der Waals surface area contributed by atoms with Crippen LogP contribution in [0.1, 0.15) is 24.3 Å². The fraction of sp³-hybridized carbons (Fsp3) is 0.389. The van der Waals surface area contributed by atoms with Gasteiger partial charge in [-0.05, 0) is 24.1 Å². The van der Waals surface area contributed by atoms with Crippen LogP contribution < -0.4 is 0 Å². The Hall–Kier alpha value is -1.71. The van der Waals surface area contributed by atoms with E-state index in [1.807, 2.05) is 42.5 Å². The van der Waals surface area contributed by atoms with Gasteiger partial charge in [0.1, 0.15) is 5.78 Å². The van der Waals surface area contributed by atoms with Crippen LogP contribution in [-0.2, 0) is 14.3 Å². The normalized spacial score (nSPS) is 28.8. The topological polar surface area (TPSA) is 35.5 Å². The summed E-state index contributed by atoms with van der Waals surface area (Å²) in [6.45, 7) is 1.23. The molecule has 1 saturated heterocycles. The minimum atomic E-state index is -0.696. The maximum absolute atomic E-state index is 12.4. The molecule has 1 atom stereocenters. The van der Waals surface area contributed by atoms with E-state index in [2.05, 4.69) is 12.2 Å². The van der Waals surface area contributed by atoms with E-state index in [9.17, 15) is 4.79 Å². The summed E-state index contributed by atoms with van der Waals surface area (Å²) in [6, 6.07) is 10.1. The van der Waals surface area contributed by atoms with Crippen molar-refractivity contribution in [2.45, 2.75) is 24.5 Å². The van der Waals surface area contributed by atoms with Crippen molar-refractivity contribution in [2.75, 3.05) is 13.2 Å². The second-order valence-electron chi connectivity index (χ2n) is 6.01. The molecule has 3 heteroatoms. The van der Waals surface area contributed by atoms with Gasteiger partial charge in [-0.25, -0.2) is 0 Å². The highest BCUT2D eigenvalue weighted by Gasteiger charge is 2.48. The van der Waals surface area contributed by atoms with E-state index in [4.69, 9.17) is 9.47 Å². The molecule has 21 heavy (non-hydrogen) atoms.